The van der Waals surface area contributed by atoms with Crippen molar-refractivity contribution in [3.63, 3.8) is 0 Å². The maximum absolute atomic E-state index is 12.0. The third-order valence-electron chi connectivity index (χ3n) is 5.13. The molecule has 0 saturated carbocycles. The smallest absolute Gasteiger partial charge is 0.159 e. The SMILES string of the molecule is CC(=O)c1cccc(OCC(O)CN(Cc2cccc(Br)c2)C2CCS(=O)(=O)C2)c1. The van der Waals surface area contributed by atoms with Gasteiger partial charge in [-0.1, -0.05) is 40.2 Å². The molecule has 0 aromatic heterocycles. The normalized spacial score (nSPS) is 19.0. The Kier molecular flexibility index (Phi) is 7.68. The molecule has 1 saturated heterocycles. The lowest BCUT2D eigenvalue weighted by atomic mass is 10.1. The molecule has 1 heterocycles. The van der Waals surface area contributed by atoms with Crippen molar-refractivity contribution >= 4 is 31.6 Å². The number of hydrogen-bond donors (Lipinski definition) is 1. The summed E-state index contributed by atoms with van der Waals surface area (Å²) in [7, 11) is -3.04. The molecule has 30 heavy (non-hydrogen) atoms. The van der Waals surface area contributed by atoms with E-state index in [9.17, 15) is 18.3 Å². The Balaban J connectivity index is 1.66. The molecule has 2 atom stereocenters. The van der Waals surface area contributed by atoms with Gasteiger partial charge in [-0.25, -0.2) is 8.42 Å². The van der Waals surface area contributed by atoms with Crippen molar-refractivity contribution in [2.45, 2.75) is 32.0 Å². The van der Waals surface area contributed by atoms with Crippen molar-refractivity contribution in [3.05, 3.63) is 64.1 Å². The minimum atomic E-state index is -3.04. The van der Waals surface area contributed by atoms with E-state index in [4.69, 9.17) is 4.74 Å². The Bertz CT molecular complexity index is 995. The number of carbonyl (C=O) groups excluding carboxylic acids is 1. The fraction of sp³-hybridized carbons (Fsp3) is 0.409. The molecule has 0 spiro atoms. The van der Waals surface area contributed by atoms with Crippen LogP contribution in [0.5, 0.6) is 5.75 Å². The molecule has 1 aliphatic rings. The molecule has 1 fully saturated rings. The van der Waals surface area contributed by atoms with E-state index in [1.165, 1.54) is 6.92 Å². The molecule has 2 unspecified atom stereocenters. The van der Waals surface area contributed by atoms with Gasteiger partial charge in [-0.15, -0.1) is 0 Å². The van der Waals surface area contributed by atoms with Crippen molar-refractivity contribution in [3.8, 4) is 5.75 Å². The number of halogens is 1. The minimum absolute atomic E-state index is 0.0514. The van der Waals surface area contributed by atoms with Gasteiger partial charge in [0.2, 0.25) is 0 Å². The van der Waals surface area contributed by atoms with Crippen molar-refractivity contribution in [2.75, 3.05) is 24.7 Å². The molecule has 3 rings (SSSR count). The van der Waals surface area contributed by atoms with Gasteiger partial charge in [0, 0.05) is 29.2 Å². The summed E-state index contributed by atoms with van der Waals surface area (Å²) in [6.45, 7) is 2.37. The molecule has 0 amide bonds. The van der Waals surface area contributed by atoms with Crippen LogP contribution in [0.4, 0.5) is 0 Å². The van der Waals surface area contributed by atoms with Crippen LogP contribution in [0.15, 0.2) is 53.0 Å². The van der Waals surface area contributed by atoms with Gasteiger partial charge in [0.05, 0.1) is 11.5 Å². The maximum atomic E-state index is 12.0. The minimum Gasteiger partial charge on any atom is -0.491 e. The first-order valence-electron chi connectivity index (χ1n) is 9.82. The summed E-state index contributed by atoms with van der Waals surface area (Å²) < 4.78 is 30.6. The summed E-state index contributed by atoms with van der Waals surface area (Å²) >= 11 is 3.46. The van der Waals surface area contributed by atoms with E-state index >= 15 is 0 Å². The molecule has 0 aliphatic carbocycles. The van der Waals surface area contributed by atoms with Crippen LogP contribution in [0.1, 0.15) is 29.3 Å². The largest absolute Gasteiger partial charge is 0.491 e. The second-order valence-electron chi connectivity index (χ2n) is 7.67. The number of aliphatic hydroxyl groups is 1. The highest BCUT2D eigenvalue weighted by molar-refractivity contribution is 9.10. The van der Waals surface area contributed by atoms with Gasteiger partial charge in [-0.05, 0) is 43.2 Å². The zero-order valence-electron chi connectivity index (χ0n) is 16.8. The summed E-state index contributed by atoms with van der Waals surface area (Å²) in [5.41, 5.74) is 1.59. The van der Waals surface area contributed by atoms with Gasteiger partial charge in [-0.2, -0.15) is 0 Å². The van der Waals surface area contributed by atoms with E-state index in [1.54, 1.807) is 24.3 Å². The van der Waals surface area contributed by atoms with Crippen molar-refractivity contribution in [1.82, 2.24) is 4.90 Å². The summed E-state index contributed by atoms with van der Waals surface area (Å²) in [5.74, 6) is 0.749. The molecule has 1 N–H and O–H groups in total. The summed E-state index contributed by atoms with van der Waals surface area (Å²) in [5, 5.41) is 10.6. The predicted molar refractivity (Wildman–Crippen MR) is 120 cm³/mol. The Morgan fingerprint density at radius 3 is 2.70 bits per heavy atom. The number of Topliss-reactive ketones (excluding diaryl/α,β-unsaturated/α-hetero) is 1. The Hall–Kier alpha value is -1.74. The molecule has 0 radical (unpaired) electrons. The monoisotopic (exact) mass is 495 g/mol. The fourth-order valence-corrected chi connectivity index (χ4v) is 5.80. The van der Waals surface area contributed by atoms with Crippen LogP contribution in [-0.2, 0) is 16.4 Å². The average molecular weight is 496 g/mol. The zero-order valence-corrected chi connectivity index (χ0v) is 19.2. The second-order valence-corrected chi connectivity index (χ2v) is 10.8. The first-order valence-corrected chi connectivity index (χ1v) is 12.4. The first-order chi connectivity index (χ1) is 14.2. The molecule has 2 aromatic carbocycles. The van der Waals surface area contributed by atoms with Crippen LogP contribution >= 0.6 is 15.9 Å². The maximum Gasteiger partial charge on any atom is 0.159 e. The number of aliphatic hydroxyl groups excluding tert-OH is 1. The van der Waals surface area contributed by atoms with Crippen LogP contribution in [0.25, 0.3) is 0 Å². The zero-order chi connectivity index (χ0) is 21.7. The van der Waals surface area contributed by atoms with Crippen molar-refractivity contribution in [1.29, 1.82) is 0 Å². The lowest BCUT2D eigenvalue weighted by Gasteiger charge is -2.30. The summed E-state index contributed by atoms with van der Waals surface area (Å²) in [6.07, 6.45) is -0.244. The highest BCUT2D eigenvalue weighted by Crippen LogP contribution is 2.22. The number of ketones is 1. The average Bonchev–Trinajstić information content (AvgIpc) is 3.06. The van der Waals surface area contributed by atoms with Crippen LogP contribution in [0, 0.1) is 0 Å². The number of sulfone groups is 1. The van der Waals surface area contributed by atoms with Crippen LogP contribution in [0.3, 0.4) is 0 Å². The Morgan fingerprint density at radius 2 is 2.03 bits per heavy atom. The van der Waals surface area contributed by atoms with E-state index in [0.29, 0.717) is 30.8 Å². The number of carbonyl (C=O) groups is 1. The predicted octanol–water partition coefficient (Wildman–Crippen LogP) is 3.08. The molecule has 6 nitrogen and oxygen atoms in total. The topological polar surface area (TPSA) is 83.9 Å². The molecule has 2 aromatic rings. The molecule has 1 aliphatic heterocycles. The highest BCUT2D eigenvalue weighted by atomic mass is 79.9. The number of nitrogens with zero attached hydrogens (tertiary/aromatic N) is 1. The van der Waals surface area contributed by atoms with E-state index in [2.05, 4.69) is 15.9 Å². The molecular formula is C22H26BrNO5S. The number of ether oxygens (including phenoxy) is 1. The quantitative estimate of drug-likeness (QED) is 0.538. The van der Waals surface area contributed by atoms with Crippen molar-refractivity contribution in [2.24, 2.45) is 0 Å². The summed E-state index contributed by atoms with van der Waals surface area (Å²) in [4.78, 5) is 13.5. The Morgan fingerprint density at radius 1 is 1.27 bits per heavy atom. The van der Waals surface area contributed by atoms with Crippen molar-refractivity contribution < 1.29 is 23.1 Å². The first kappa shape index (κ1) is 22.9. The molecule has 162 valence electrons. The van der Waals surface area contributed by atoms with Gasteiger partial charge in [0.15, 0.2) is 15.6 Å². The number of rotatable bonds is 9. The highest BCUT2D eigenvalue weighted by Gasteiger charge is 2.33. The Labute approximate surface area is 185 Å². The lowest BCUT2D eigenvalue weighted by molar-refractivity contribution is 0.0524. The molecular weight excluding hydrogens is 470 g/mol. The van der Waals surface area contributed by atoms with Crippen LogP contribution in [0.2, 0.25) is 0 Å². The fourth-order valence-electron chi connectivity index (χ4n) is 3.60. The van der Waals surface area contributed by atoms with Crippen LogP contribution < -0.4 is 4.74 Å². The van der Waals surface area contributed by atoms with Gasteiger partial charge in [0.1, 0.15) is 18.5 Å². The molecule has 8 heteroatoms. The van der Waals surface area contributed by atoms with Crippen LogP contribution in [-0.4, -0.2) is 61.0 Å². The second kappa shape index (κ2) is 10.0. The van der Waals surface area contributed by atoms with E-state index in [1.807, 2.05) is 29.2 Å². The lowest BCUT2D eigenvalue weighted by Crippen LogP contribution is -2.42. The van der Waals surface area contributed by atoms with Gasteiger partial charge >= 0.3 is 0 Å². The third-order valence-corrected chi connectivity index (χ3v) is 7.37. The summed E-state index contributed by atoms with van der Waals surface area (Å²) in [6, 6.07) is 14.6. The third kappa shape index (κ3) is 6.63. The van der Waals surface area contributed by atoms with Gasteiger partial charge in [-0.3, -0.25) is 9.69 Å². The standard InChI is InChI=1S/C22H26BrNO5S/c1-16(25)18-5-3-7-22(11-18)29-14-21(26)13-24(20-8-9-30(27,28)15-20)12-17-4-2-6-19(23)10-17/h2-7,10-11,20-21,26H,8-9,12-15H2,1H3. The van der Waals surface area contributed by atoms with E-state index < -0.39 is 15.9 Å². The van der Waals surface area contributed by atoms with E-state index in [0.717, 1.165) is 10.0 Å². The number of hydrogen-bond acceptors (Lipinski definition) is 6. The van der Waals surface area contributed by atoms with Gasteiger partial charge < -0.3 is 9.84 Å². The number of benzene rings is 2. The van der Waals surface area contributed by atoms with E-state index in [-0.39, 0.29) is 29.9 Å². The van der Waals surface area contributed by atoms with Gasteiger partial charge in [0.25, 0.3) is 0 Å². The molecule has 0 bridgehead atoms.